The van der Waals surface area contributed by atoms with Crippen molar-refractivity contribution in [3.05, 3.63) is 65.2 Å². The van der Waals surface area contributed by atoms with Gasteiger partial charge in [-0.1, -0.05) is 55.8 Å². The van der Waals surface area contributed by atoms with Crippen LogP contribution >= 0.6 is 0 Å². The molecule has 28 heavy (non-hydrogen) atoms. The Morgan fingerprint density at radius 3 is 2.25 bits per heavy atom. The highest BCUT2D eigenvalue weighted by atomic mass is 16.2. The smallest absolute Gasteiger partial charge is 0.227 e. The molecular weight excluding hydrogens is 348 g/mol. The van der Waals surface area contributed by atoms with E-state index in [1.807, 2.05) is 43.0 Å². The molecule has 4 heteroatoms. The van der Waals surface area contributed by atoms with E-state index in [0.29, 0.717) is 19.4 Å². The first-order valence-electron chi connectivity index (χ1n) is 9.98. The number of carbonyl (C=O) groups is 2. The van der Waals surface area contributed by atoms with Gasteiger partial charge in [0, 0.05) is 18.2 Å². The van der Waals surface area contributed by atoms with Crippen LogP contribution in [0.15, 0.2) is 48.5 Å². The second-order valence-electron chi connectivity index (χ2n) is 8.13. The number of benzene rings is 2. The monoisotopic (exact) mass is 380 g/mol. The van der Waals surface area contributed by atoms with Crippen LogP contribution in [-0.4, -0.2) is 17.9 Å². The molecule has 4 nitrogen and oxygen atoms in total. The average Bonchev–Trinajstić information content (AvgIpc) is 2.60. The number of rotatable bonds is 8. The summed E-state index contributed by atoms with van der Waals surface area (Å²) < 4.78 is 0. The van der Waals surface area contributed by atoms with Crippen LogP contribution in [0.5, 0.6) is 0 Å². The maximum Gasteiger partial charge on any atom is 0.227 e. The number of nitrogens with one attached hydrogen (secondary N) is 1. The Balaban J connectivity index is 2.26. The minimum absolute atomic E-state index is 0.00857. The van der Waals surface area contributed by atoms with Gasteiger partial charge in [0.2, 0.25) is 11.8 Å². The van der Waals surface area contributed by atoms with E-state index >= 15 is 0 Å². The van der Waals surface area contributed by atoms with Crippen LogP contribution < -0.4 is 10.2 Å². The first-order chi connectivity index (χ1) is 13.2. The van der Waals surface area contributed by atoms with Crippen LogP contribution in [0, 0.1) is 12.8 Å². The minimum atomic E-state index is -0.00857. The predicted octanol–water partition coefficient (Wildman–Crippen LogP) is 4.64. The molecule has 0 aliphatic rings. The summed E-state index contributed by atoms with van der Waals surface area (Å²) in [4.78, 5) is 26.9. The highest BCUT2D eigenvalue weighted by molar-refractivity contribution is 5.93. The molecule has 0 radical (unpaired) electrons. The molecule has 0 saturated heterocycles. The first-order valence-corrected chi connectivity index (χ1v) is 9.98. The van der Waals surface area contributed by atoms with Crippen LogP contribution in [0.4, 0.5) is 5.69 Å². The van der Waals surface area contributed by atoms with Crippen LogP contribution in [0.2, 0.25) is 0 Å². The van der Waals surface area contributed by atoms with Crippen molar-refractivity contribution in [1.29, 1.82) is 0 Å². The Bertz CT molecular complexity index is 795. The Hall–Kier alpha value is -2.62. The van der Waals surface area contributed by atoms with E-state index in [4.69, 9.17) is 0 Å². The van der Waals surface area contributed by atoms with Gasteiger partial charge in [-0.15, -0.1) is 0 Å². The Labute approximate surface area is 169 Å². The van der Waals surface area contributed by atoms with Crippen molar-refractivity contribution in [2.45, 2.75) is 60.0 Å². The molecule has 2 aromatic carbocycles. The lowest BCUT2D eigenvalue weighted by atomic mass is 10.1. The van der Waals surface area contributed by atoms with Gasteiger partial charge in [0.1, 0.15) is 0 Å². The fourth-order valence-electron chi connectivity index (χ4n) is 3.05. The standard InChI is InChI=1S/C24H32N2O2/c1-17(2)13-24(28)26(16-20-11-9-19(5)10-12-20)22-8-6-7-21(14-22)15-23(27)25-18(3)4/h6-12,14,17-18H,13,15-16H2,1-5H3,(H,25,27). The topological polar surface area (TPSA) is 49.4 Å². The first kappa shape index (κ1) is 21.7. The molecule has 0 bridgehead atoms. The molecule has 0 saturated carbocycles. The SMILES string of the molecule is Cc1ccc(CN(C(=O)CC(C)C)c2cccc(CC(=O)NC(C)C)c2)cc1. The zero-order chi connectivity index (χ0) is 20.7. The van der Waals surface area contributed by atoms with Gasteiger partial charge in [0.25, 0.3) is 0 Å². The van der Waals surface area contributed by atoms with E-state index < -0.39 is 0 Å². The number of hydrogen-bond acceptors (Lipinski definition) is 2. The van der Waals surface area contributed by atoms with E-state index in [1.54, 1.807) is 0 Å². The van der Waals surface area contributed by atoms with Gasteiger partial charge in [-0.2, -0.15) is 0 Å². The highest BCUT2D eigenvalue weighted by Gasteiger charge is 2.18. The summed E-state index contributed by atoms with van der Waals surface area (Å²) in [6, 6.07) is 16.1. The molecule has 2 amide bonds. The van der Waals surface area contributed by atoms with Crippen molar-refractivity contribution in [3.63, 3.8) is 0 Å². The largest absolute Gasteiger partial charge is 0.354 e. The summed E-state index contributed by atoms with van der Waals surface area (Å²) in [6.07, 6.45) is 0.798. The van der Waals surface area contributed by atoms with Crippen molar-refractivity contribution in [3.8, 4) is 0 Å². The molecule has 150 valence electrons. The molecular formula is C24H32N2O2. The number of nitrogens with zero attached hydrogens (tertiary/aromatic N) is 1. The molecule has 0 aromatic heterocycles. The van der Waals surface area contributed by atoms with Crippen molar-refractivity contribution >= 4 is 17.5 Å². The van der Waals surface area contributed by atoms with Crippen molar-refractivity contribution < 1.29 is 9.59 Å². The summed E-state index contributed by atoms with van der Waals surface area (Å²) in [5.41, 5.74) is 4.02. The third-order valence-corrected chi connectivity index (χ3v) is 4.38. The minimum Gasteiger partial charge on any atom is -0.354 e. The van der Waals surface area contributed by atoms with Crippen LogP contribution in [0.25, 0.3) is 0 Å². The number of carbonyl (C=O) groups excluding carboxylic acids is 2. The molecule has 0 aliphatic heterocycles. The van der Waals surface area contributed by atoms with E-state index in [2.05, 4.69) is 50.4 Å². The second kappa shape index (κ2) is 10.1. The Morgan fingerprint density at radius 1 is 0.964 bits per heavy atom. The quantitative estimate of drug-likeness (QED) is 0.725. The lowest BCUT2D eigenvalue weighted by Crippen LogP contribution is -2.32. The zero-order valence-electron chi connectivity index (χ0n) is 17.7. The maximum absolute atomic E-state index is 13.0. The lowest BCUT2D eigenvalue weighted by Gasteiger charge is -2.25. The molecule has 2 rings (SSSR count). The number of anilines is 1. The van der Waals surface area contributed by atoms with Gasteiger partial charge in [-0.3, -0.25) is 9.59 Å². The molecule has 0 unspecified atom stereocenters. The third kappa shape index (κ3) is 6.84. The number of hydrogen-bond donors (Lipinski definition) is 1. The summed E-state index contributed by atoms with van der Waals surface area (Å²) in [5, 5.41) is 2.91. The van der Waals surface area contributed by atoms with E-state index in [1.165, 1.54) is 5.56 Å². The molecule has 0 atom stereocenters. The maximum atomic E-state index is 13.0. The van der Waals surface area contributed by atoms with Gasteiger partial charge in [-0.05, 0) is 49.9 Å². The fraction of sp³-hybridized carbons (Fsp3) is 0.417. The van der Waals surface area contributed by atoms with E-state index in [0.717, 1.165) is 16.8 Å². The van der Waals surface area contributed by atoms with Gasteiger partial charge in [-0.25, -0.2) is 0 Å². The molecule has 0 spiro atoms. The normalized spacial score (nSPS) is 11.0. The molecule has 0 aliphatic carbocycles. The van der Waals surface area contributed by atoms with Gasteiger partial charge >= 0.3 is 0 Å². The Morgan fingerprint density at radius 2 is 1.64 bits per heavy atom. The van der Waals surface area contributed by atoms with Gasteiger partial charge in [0.15, 0.2) is 0 Å². The van der Waals surface area contributed by atoms with Crippen LogP contribution in [-0.2, 0) is 22.6 Å². The lowest BCUT2D eigenvalue weighted by molar-refractivity contribution is -0.121. The van der Waals surface area contributed by atoms with Gasteiger partial charge < -0.3 is 10.2 Å². The van der Waals surface area contributed by atoms with Crippen LogP contribution in [0.3, 0.4) is 0 Å². The van der Waals surface area contributed by atoms with Gasteiger partial charge in [0.05, 0.1) is 13.0 Å². The molecule has 0 fully saturated rings. The van der Waals surface area contributed by atoms with Crippen molar-refractivity contribution in [2.24, 2.45) is 5.92 Å². The number of aryl methyl sites for hydroxylation is 1. The second-order valence-corrected chi connectivity index (χ2v) is 8.13. The molecule has 1 N–H and O–H groups in total. The summed E-state index contributed by atoms with van der Waals surface area (Å²) in [5.74, 6) is 0.373. The molecule has 0 heterocycles. The zero-order valence-corrected chi connectivity index (χ0v) is 17.7. The summed E-state index contributed by atoms with van der Waals surface area (Å²) in [7, 11) is 0. The van der Waals surface area contributed by atoms with Crippen LogP contribution in [0.1, 0.15) is 50.8 Å². The average molecular weight is 381 g/mol. The van der Waals surface area contributed by atoms with E-state index in [-0.39, 0.29) is 23.8 Å². The highest BCUT2D eigenvalue weighted by Crippen LogP contribution is 2.22. The predicted molar refractivity (Wildman–Crippen MR) is 115 cm³/mol. The van der Waals surface area contributed by atoms with Crippen molar-refractivity contribution in [2.75, 3.05) is 4.90 Å². The van der Waals surface area contributed by atoms with E-state index in [9.17, 15) is 9.59 Å². The third-order valence-electron chi connectivity index (χ3n) is 4.38. The number of amides is 2. The summed E-state index contributed by atoms with van der Waals surface area (Å²) >= 11 is 0. The fourth-order valence-corrected chi connectivity index (χ4v) is 3.05. The molecule has 2 aromatic rings. The van der Waals surface area contributed by atoms with Crippen molar-refractivity contribution in [1.82, 2.24) is 5.32 Å². The Kier molecular flexibility index (Phi) is 7.80. The summed E-state index contributed by atoms with van der Waals surface area (Å²) in [6.45, 7) is 10.6.